The first kappa shape index (κ1) is 40.9. The van der Waals surface area contributed by atoms with Crippen molar-refractivity contribution < 1.29 is 38.3 Å². The molecule has 15 nitrogen and oxygen atoms in total. The van der Waals surface area contributed by atoms with E-state index in [1.807, 2.05) is 6.92 Å². The topological polar surface area (TPSA) is 205 Å². The largest absolute Gasteiger partial charge is 0.472 e. The summed E-state index contributed by atoms with van der Waals surface area (Å²) in [4.78, 5) is 99.9. The summed E-state index contributed by atoms with van der Waals surface area (Å²) in [5.74, 6) is -5.05. The predicted octanol–water partition coefficient (Wildman–Crippen LogP) is 2.09. The van der Waals surface area contributed by atoms with Crippen LogP contribution < -0.4 is 31.3 Å². The Bertz CT molecular complexity index is 1570. The van der Waals surface area contributed by atoms with E-state index in [2.05, 4.69) is 31.6 Å². The Morgan fingerprint density at radius 1 is 0.870 bits per heavy atom. The highest BCUT2D eigenvalue weighted by molar-refractivity contribution is 6.38. The number of ether oxygens (including phenoxy) is 1. The van der Waals surface area contributed by atoms with E-state index < -0.39 is 76.9 Å². The average molecular weight is 772 g/mol. The van der Waals surface area contributed by atoms with Crippen molar-refractivity contribution >= 4 is 52.8 Å². The fourth-order valence-corrected chi connectivity index (χ4v) is 7.15. The Balaban J connectivity index is 1.37. The van der Waals surface area contributed by atoms with Crippen molar-refractivity contribution in [3.8, 4) is 5.88 Å². The zero-order valence-corrected chi connectivity index (χ0v) is 32.3. The number of pyridine rings is 1. The second-order valence-corrected chi connectivity index (χ2v) is 16.6. The van der Waals surface area contributed by atoms with Crippen LogP contribution in [0.15, 0.2) is 18.3 Å². The SMILES string of the molecule is CCC[C@H](NC(=O)[C@@H]1C[C@@H](Oc2ccc(Cl)cn2)CN1C(=O)[C@@H](NC(=O)[C@@H](NC(=O)C(=O)NC1CC1)C1CCCCC1)C(C)(C)C)C(=O)C(=O)NC1CC1. The second kappa shape index (κ2) is 17.9. The number of halogens is 1. The first-order valence-corrected chi connectivity index (χ1v) is 19.7. The lowest BCUT2D eigenvalue weighted by Crippen LogP contribution is -2.62. The van der Waals surface area contributed by atoms with Gasteiger partial charge >= 0.3 is 11.8 Å². The molecule has 5 rings (SSSR count). The van der Waals surface area contributed by atoms with Crippen molar-refractivity contribution in [1.29, 1.82) is 0 Å². The van der Waals surface area contributed by atoms with Crippen molar-refractivity contribution in [3.05, 3.63) is 23.4 Å². The van der Waals surface area contributed by atoms with Gasteiger partial charge in [-0.25, -0.2) is 4.98 Å². The molecule has 54 heavy (non-hydrogen) atoms. The second-order valence-electron chi connectivity index (χ2n) is 16.2. The van der Waals surface area contributed by atoms with Crippen LogP contribution >= 0.6 is 11.6 Å². The molecule has 0 unspecified atom stereocenters. The minimum Gasteiger partial charge on any atom is -0.472 e. The summed E-state index contributed by atoms with van der Waals surface area (Å²) in [5.41, 5.74) is -0.878. The fourth-order valence-electron chi connectivity index (χ4n) is 7.04. The number of nitrogens with zero attached hydrogens (tertiary/aromatic N) is 2. The summed E-state index contributed by atoms with van der Waals surface area (Å²) >= 11 is 6.01. The van der Waals surface area contributed by atoms with Crippen LogP contribution in [0.1, 0.15) is 105 Å². The van der Waals surface area contributed by atoms with E-state index in [9.17, 15) is 33.6 Å². The summed E-state index contributed by atoms with van der Waals surface area (Å²) in [5, 5.41) is 14.0. The van der Waals surface area contributed by atoms with Crippen LogP contribution in [-0.4, -0.2) is 100 Å². The first-order chi connectivity index (χ1) is 25.6. The normalized spacial score (nSPS) is 21.9. The van der Waals surface area contributed by atoms with Gasteiger partial charge in [-0.3, -0.25) is 33.6 Å². The van der Waals surface area contributed by atoms with Crippen LogP contribution in [0.3, 0.4) is 0 Å². The molecule has 5 atom stereocenters. The lowest BCUT2D eigenvalue weighted by molar-refractivity contribution is -0.146. The van der Waals surface area contributed by atoms with Crippen LogP contribution in [0.2, 0.25) is 5.02 Å². The molecule has 1 aromatic heterocycles. The number of carbonyl (C=O) groups excluding carboxylic acids is 7. The van der Waals surface area contributed by atoms with Gasteiger partial charge in [0, 0.05) is 30.8 Å². The molecule has 2 heterocycles. The predicted molar refractivity (Wildman–Crippen MR) is 198 cm³/mol. The molecule has 4 fully saturated rings. The van der Waals surface area contributed by atoms with Crippen molar-refractivity contribution in [2.24, 2.45) is 11.3 Å². The zero-order chi connectivity index (χ0) is 39.2. The Labute approximate surface area is 321 Å². The first-order valence-electron chi connectivity index (χ1n) is 19.3. The van der Waals surface area contributed by atoms with Gasteiger partial charge in [-0.05, 0) is 62.3 Å². The van der Waals surface area contributed by atoms with E-state index in [-0.39, 0.29) is 43.3 Å². The van der Waals surface area contributed by atoms with Gasteiger partial charge < -0.3 is 36.2 Å². The van der Waals surface area contributed by atoms with Crippen LogP contribution in [0.4, 0.5) is 0 Å². The smallest absolute Gasteiger partial charge is 0.309 e. The molecular weight excluding hydrogens is 718 g/mol. The van der Waals surface area contributed by atoms with Crippen LogP contribution in [-0.2, 0) is 33.6 Å². The van der Waals surface area contributed by atoms with Crippen molar-refractivity contribution in [1.82, 2.24) is 36.5 Å². The molecule has 0 radical (unpaired) electrons. The summed E-state index contributed by atoms with van der Waals surface area (Å²) in [6.45, 7) is 7.11. The van der Waals surface area contributed by atoms with E-state index in [0.717, 1.165) is 44.9 Å². The molecule has 5 N–H and O–H groups in total. The minimum absolute atomic E-state index is 0.0326. The number of Topliss-reactive ketones (excluding diaryl/α,β-unsaturated/α-hetero) is 1. The number of ketones is 1. The van der Waals surface area contributed by atoms with Gasteiger partial charge in [0.25, 0.3) is 5.91 Å². The highest BCUT2D eigenvalue weighted by Gasteiger charge is 2.47. The molecule has 0 aromatic carbocycles. The molecule has 296 valence electrons. The quantitative estimate of drug-likeness (QED) is 0.165. The van der Waals surface area contributed by atoms with Gasteiger partial charge in [0.1, 0.15) is 24.2 Å². The van der Waals surface area contributed by atoms with Crippen molar-refractivity contribution in [2.45, 2.75) is 147 Å². The Morgan fingerprint density at radius 3 is 2.09 bits per heavy atom. The number of nitrogens with one attached hydrogen (secondary N) is 5. The summed E-state index contributed by atoms with van der Waals surface area (Å²) in [6, 6.07) is -1.39. The molecule has 0 bridgehead atoms. The maximum Gasteiger partial charge on any atom is 0.309 e. The number of hydrogen-bond donors (Lipinski definition) is 5. The zero-order valence-electron chi connectivity index (χ0n) is 31.6. The molecule has 1 aromatic rings. The summed E-state index contributed by atoms with van der Waals surface area (Å²) < 4.78 is 6.09. The number of rotatable bonds is 15. The number of aromatic nitrogens is 1. The number of amides is 6. The Hall–Kier alpha value is -4.27. The lowest BCUT2D eigenvalue weighted by Gasteiger charge is -2.37. The van der Waals surface area contributed by atoms with E-state index >= 15 is 0 Å². The van der Waals surface area contributed by atoms with Crippen LogP contribution in [0.5, 0.6) is 5.88 Å². The molecule has 0 spiro atoms. The van der Waals surface area contributed by atoms with Gasteiger partial charge in [0.2, 0.25) is 29.4 Å². The number of hydrogen-bond acceptors (Lipinski definition) is 9. The molecule has 6 amide bonds. The lowest BCUT2D eigenvalue weighted by atomic mass is 9.82. The Morgan fingerprint density at radius 2 is 1.52 bits per heavy atom. The molecule has 4 aliphatic rings. The standard InChI is InChI=1S/C38H54ClN7O8/c1-5-9-26(30(47)34(50)41-23-13-14-23)43-32(48)27-18-25(54-28-17-12-22(39)19-40-28)20-46(27)37(53)31(38(2,3)4)45-33(49)29(21-10-7-6-8-11-21)44-36(52)35(51)42-24-15-16-24/h12,17,19,21,23-27,29,31H,5-11,13-16,18,20H2,1-4H3,(H,41,50)(H,42,51)(H,43,48)(H,44,52)(H,45,49)/t25-,26+,27+,29+,31-/m1/s1. The van der Waals surface area contributed by atoms with Gasteiger partial charge in [-0.15, -0.1) is 0 Å². The van der Waals surface area contributed by atoms with Gasteiger partial charge in [-0.1, -0.05) is 65.0 Å². The molecule has 16 heteroatoms. The Kier molecular flexibility index (Phi) is 13.6. The fraction of sp³-hybridized carbons (Fsp3) is 0.684. The van der Waals surface area contributed by atoms with E-state index in [1.165, 1.54) is 11.1 Å². The molecule has 3 saturated carbocycles. The number of carbonyl (C=O) groups is 7. The summed E-state index contributed by atoms with van der Waals surface area (Å²) in [6.07, 6.45) is 8.69. The van der Waals surface area contributed by atoms with Gasteiger partial charge in [-0.2, -0.15) is 0 Å². The third-order valence-electron chi connectivity index (χ3n) is 10.4. The van der Waals surface area contributed by atoms with Crippen molar-refractivity contribution in [3.63, 3.8) is 0 Å². The maximum atomic E-state index is 14.7. The summed E-state index contributed by atoms with van der Waals surface area (Å²) in [7, 11) is 0. The average Bonchev–Trinajstić information content (AvgIpc) is 4.08. The third kappa shape index (κ3) is 11.1. The molecule has 3 aliphatic carbocycles. The van der Waals surface area contributed by atoms with Crippen LogP contribution in [0.25, 0.3) is 0 Å². The molecular formula is C38H54ClN7O8. The number of likely N-dealkylation sites (tertiary alicyclic amines) is 1. The monoisotopic (exact) mass is 771 g/mol. The van der Waals surface area contributed by atoms with Gasteiger partial charge in [0.05, 0.1) is 17.6 Å². The van der Waals surface area contributed by atoms with Gasteiger partial charge in [0.15, 0.2) is 0 Å². The van der Waals surface area contributed by atoms with Crippen molar-refractivity contribution in [2.75, 3.05) is 6.54 Å². The van der Waals surface area contributed by atoms with E-state index in [0.29, 0.717) is 24.3 Å². The third-order valence-corrected chi connectivity index (χ3v) is 10.6. The maximum absolute atomic E-state index is 14.7. The minimum atomic E-state index is -1.17. The van der Waals surface area contributed by atoms with Crippen LogP contribution in [0, 0.1) is 11.3 Å². The molecule has 1 saturated heterocycles. The highest BCUT2D eigenvalue weighted by atomic mass is 35.5. The van der Waals surface area contributed by atoms with E-state index in [1.54, 1.807) is 32.9 Å². The highest BCUT2D eigenvalue weighted by Crippen LogP contribution is 2.31. The molecule has 1 aliphatic heterocycles. The van der Waals surface area contributed by atoms with E-state index in [4.69, 9.17) is 16.3 Å².